The summed E-state index contributed by atoms with van der Waals surface area (Å²) in [5.41, 5.74) is 5.15. The highest BCUT2D eigenvalue weighted by atomic mass is 16.5. The minimum absolute atomic E-state index is 0.189. The second-order valence-electron chi connectivity index (χ2n) is 8.70. The van der Waals surface area contributed by atoms with Gasteiger partial charge in [-0.3, -0.25) is 19.0 Å². The summed E-state index contributed by atoms with van der Waals surface area (Å²) in [6.07, 6.45) is 0. The van der Waals surface area contributed by atoms with Gasteiger partial charge in [0.25, 0.3) is 5.56 Å². The van der Waals surface area contributed by atoms with E-state index in [4.69, 9.17) is 4.74 Å². The molecule has 182 valence electrons. The summed E-state index contributed by atoms with van der Waals surface area (Å²) in [6, 6.07) is 11.1. The van der Waals surface area contributed by atoms with E-state index in [1.165, 1.54) is 0 Å². The maximum absolute atomic E-state index is 13.5. The van der Waals surface area contributed by atoms with E-state index in [9.17, 15) is 14.4 Å². The molecule has 1 aromatic carbocycles. The van der Waals surface area contributed by atoms with Crippen LogP contribution in [0.3, 0.4) is 0 Å². The first-order valence-corrected chi connectivity index (χ1v) is 11.3. The first kappa shape index (κ1) is 24.0. The van der Waals surface area contributed by atoms with Crippen molar-refractivity contribution < 1.29 is 14.3 Å². The van der Waals surface area contributed by atoms with Gasteiger partial charge < -0.3 is 9.30 Å². The van der Waals surface area contributed by atoms with Crippen LogP contribution < -0.4 is 5.56 Å². The number of hydrogen-bond donors (Lipinski definition) is 0. The molecular formula is C26H29N5O4. The minimum atomic E-state index is -0.583. The fourth-order valence-electron chi connectivity index (χ4n) is 4.55. The second-order valence-corrected chi connectivity index (χ2v) is 8.70. The average molecular weight is 476 g/mol. The number of aromatic nitrogens is 5. The Kier molecular flexibility index (Phi) is 6.10. The van der Waals surface area contributed by atoms with Crippen molar-refractivity contribution in [1.82, 2.24) is 23.7 Å². The van der Waals surface area contributed by atoms with E-state index in [1.54, 1.807) is 52.5 Å². The van der Waals surface area contributed by atoms with Crippen LogP contribution in [-0.2, 0) is 18.8 Å². The van der Waals surface area contributed by atoms with Crippen LogP contribution >= 0.6 is 0 Å². The highest BCUT2D eigenvalue weighted by molar-refractivity contribution is 6.01. The lowest BCUT2D eigenvalue weighted by molar-refractivity contribution is 0.0473. The van der Waals surface area contributed by atoms with Crippen LogP contribution in [0, 0.1) is 34.6 Å². The van der Waals surface area contributed by atoms with Gasteiger partial charge in [0.1, 0.15) is 11.3 Å². The van der Waals surface area contributed by atoms with Crippen LogP contribution in [0.1, 0.15) is 49.2 Å². The van der Waals surface area contributed by atoms with Gasteiger partial charge in [-0.2, -0.15) is 5.10 Å². The van der Waals surface area contributed by atoms with Crippen molar-refractivity contribution in [3.63, 3.8) is 0 Å². The number of Topliss-reactive ketones (excluding diaryl/α,β-unsaturated/α-hetero) is 1. The van der Waals surface area contributed by atoms with Crippen LogP contribution in [-0.4, -0.2) is 42.1 Å². The maximum atomic E-state index is 13.5. The predicted octanol–water partition coefficient (Wildman–Crippen LogP) is 3.28. The number of benzene rings is 1. The van der Waals surface area contributed by atoms with Gasteiger partial charge in [-0.1, -0.05) is 18.2 Å². The van der Waals surface area contributed by atoms with E-state index in [2.05, 4.69) is 5.10 Å². The second kappa shape index (κ2) is 8.90. The lowest BCUT2D eigenvalue weighted by Gasteiger charge is -2.09. The van der Waals surface area contributed by atoms with E-state index in [0.29, 0.717) is 33.9 Å². The monoisotopic (exact) mass is 475 g/mol. The number of esters is 1. The number of para-hydroxylation sites is 1. The summed E-state index contributed by atoms with van der Waals surface area (Å²) >= 11 is 0. The third-order valence-corrected chi connectivity index (χ3v) is 6.53. The van der Waals surface area contributed by atoms with Gasteiger partial charge >= 0.3 is 5.97 Å². The molecule has 0 atom stereocenters. The van der Waals surface area contributed by atoms with Gasteiger partial charge in [-0.15, -0.1) is 0 Å². The zero-order valence-corrected chi connectivity index (χ0v) is 21.0. The molecule has 0 spiro atoms. The normalized spacial score (nSPS) is 11.2. The fourth-order valence-corrected chi connectivity index (χ4v) is 4.55. The molecule has 4 rings (SSSR count). The summed E-state index contributed by atoms with van der Waals surface area (Å²) in [5, 5.41) is 4.22. The van der Waals surface area contributed by atoms with Crippen molar-refractivity contribution >= 4 is 11.8 Å². The standard InChI is InChI=1S/C26H29N5O4/c1-15-13-21(22(32)14-35-26(34)23-16(2)27-28(6)18(23)4)17(3)30(15)24-19(5)29(7)31(25(24)33)20-11-9-8-10-12-20/h8-13H,14H2,1-7H3. The number of nitrogens with zero attached hydrogens (tertiary/aromatic N) is 5. The Morgan fingerprint density at radius 1 is 0.943 bits per heavy atom. The van der Waals surface area contributed by atoms with Gasteiger partial charge in [-0.05, 0) is 52.8 Å². The molecule has 0 radical (unpaired) electrons. The number of rotatable bonds is 6. The van der Waals surface area contributed by atoms with E-state index in [1.807, 2.05) is 51.2 Å². The molecule has 0 aliphatic heterocycles. The SMILES string of the molecule is Cc1nn(C)c(C)c1C(=O)OCC(=O)c1cc(C)n(-c2c(C)n(C)n(-c3ccccc3)c2=O)c1C. The smallest absolute Gasteiger partial charge is 0.342 e. The lowest BCUT2D eigenvalue weighted by Crippen LogP contribution is -2.22. The van der Waals surface area contributed by atoms with Crippen LogP contribution in [0.5, 0.6) is 0 Å². The molecule has 0 fully saturated rings. The van der Waals surface area contributed by atoms with E-state index in [-0.39, 0.29) is 11.3 Å². The van der Waals surface area contributed by atoms with Crippen molar-refractivity contribution in [2.24, 2.45) is 14.1 Å². The van der Waals surface area contributed by atoms with E-state index in [0.717, 1.165) is 17.1 Å². The summed E-state index contributed by atoms with van der Waals surface area (Å²) in [7, 11) is 3.58. The molecule has 0 amide bonds. The number of ether oxygens (including phenoxy) is 1. The van der Waals surface area contributed by atoms with Crippen LogP contribution in [0.2, 0.25) is 0 Å². The number of aryl methyl sites for hydroxylation is 3. The Labute approximate surface area is 203 Å². The number of ketones is 1. The maximum Gasteiger partial charge on any atom is 0.342 e. The highest BCUT2D eigenvalue weighted by Gasteiger charge is 2.25. The number of carbonyl (C=O) groups is 2. The van der Waals surface area contributed by atoms with Crippen molar-refractivity contribution in [3.05, 3.63) is 86.3 Å². The molecule has 0 bridgehead atoms. The van der Waals surface area contributed by atoms with Crippen LogP contribution in [0.4, 0.5) is 0 Å². The Balaban J connectivity index is 1.66. The molecule has 9 heteroatoms. The average Bonchev–Trinajstić information content (AvgIpc) is 3.34. The summed E-state index contributed by atoms with van der Waals surface area (Å²) in [4.78, 5) is 39.1. The first-order valence-electron chi connectivity index (χ1n) is 11.3. The molecule has 0 saturated carbocycles. The van der Waals surface area contributed by atoms with Gasteiger partial charge in [0.15, 0.2) is 6.61 Å². The molecule has 0 aliphatic carbocycles. The minimum Gasteiger partial charge on any atom is -0.454 e. The quantitative estimate of drug-likeness (QED) is 0.315. The van der Waals surface area contributed by atoms with Gasteiger partial charge in [0.05, 0.1) is 17.1 Å². The van der Waals surface area contributed by atoms with Gasteiger partial charge in [0, 0.05) is 36.7 Å². The van der Waals surface area contributed by atoms with Gasteiger partial charge in [-0.25, -0.2) is 9.48 Å². The van der Waals surface area contributed by atoms with Crippen molar-refractivity contribution in [2.45, 2.75) is 34.6 Å². The Bertz CT molecular complexity index is 1520. The Morgan fingerprint density at radius 3 is 2.20 bits per heavy atom. The van der Waals surface area contributed by atoms with E-state index < -0.39 is 12.6 Å². The fraction of sp³-hybridized carbons (Fsp3) is 0.308. The van der Waals surface area contributed by atoms with E-state index >= 15 is 0 Å². The molecule has 0 aliphatic rings. The van der Waals surface area contributed by atoms with Crippen molar-refractivity contribution in [1.29, 1.82) is 0 Å². The first-order chi connectivity index (χ1) is 16.5. The molecule has 0 N–H and O–H groups in total. The number of carbonyl (C=O) groups excluding carboxylic acids is 2. The zero-order valence-electron chi connectivity index (χ0n) is 21.0. The molecular weight excluding hydrogens is 446 g/mol. The summed E-state index contributed by atoms with van der Waals surface area (Å²) < 4.78 is 12.1. The number of hydrogen-bond acceptors (Lipinski definition) is 5. The molecule has 4 aromatic rings. The Morgan fingerprint density at radius 2 is 1.60 bits per heavy atom. The van der Waals surface area contributed by atoms with Crippen LogP contribution in [0.15, 0.2) is 41.2 Å². The van der Waals surface area contributed by atoms with Crippen molar-refractivity contribution in [3.8, 4) is 11.4 Å². The summed E-state index contributed by atoms with van der Waals surface area (Å²) in [6.45, 7) is 8.60. The molecule has 35 heavy (non-hydrogen) atoms. The Hall–Kier alpha value is -4.14. The zero-order chi connectivity index (χ0) is 25.6. The molecule has 3 heterocycles. The lowest BCUT2D eigenvalue weighted by atomic mass is 10.1. The largest absolute Gasteiger partial charge is 0.454 e. The molecule has 0 saturated heterocycles. The third-order valence-electron chi connectivity index (χ3n) is 6.53. The summed E-state index contributed by atoms with van der Waals surface area (Å²) in [5.74, 6) is -0.922. The molecule has 0 unspecified atom stereocenters. The third kappa shape index (κ3) is 3.92. The van der Waals surface area contributed by atoms with Gasteiger partial charge in [0.2, 0.25) is 5.78 Å². The molecule has 3 aromatic heterocycles. The highest BCUT2D eigenvalue weighted by Crippen LogP contribution is 2.23. The topological polar surface area (TPSA) is 93.1 Å². The predicted molar refractivity (Wildman–Crippen MR) is 132 cm³/mol. The molecule has 9 nitrogen and oxygen atoms in total. The van der Waals surface area contributed by atoms with Crippen molar-refractivity contribution in [2.75, 3.05) is 6.61 Å². The van der Waals surface area contributed by atoms with Crippen LogP contribution in [0.25, 0.3) is 11.4 Å².